The largest absolute Gasteiger partial charge is 0.444 e. The van der Waals surface area contributed by atoms with E-state index in [0.29, 0.717) is 25.5 Å². The smallest absolute Gasteiger partial charge is 0.410 e. The molecular formula is C36H46N6O4S. The number of hydrogen-bond donors (Lipinski definition) is 1. The molecule has 0 aliphatic carbocycles. The summed E-state index contributed by atoms with van der Waals surface area (Å²) in [5.74, 6) is 1.43. The minimum Gasteiger partial charge on any atom is -0.444 e. The van der Waals surface area contributed by atoms with Gasteiger partial charge in [-0.1, -0.05) is 30.3 Å². The molecule has 10 nitrogen and oxygen atoms in total. The number of aromatic nitrogens is 3. The fourth-order valence-corrected chi connectivity index (χ4v) is 6.45. The van der Waals surface area contributed by atoms with Crippen LogP contribution in [-0.2, 0) is 16.0 Å². The molecule has 47 heavy (non-hydrogen) atoms. The van der Waals surface area contributed by atoms with Gasteiger partial charge in [-0.05, 0) is 102 Å². The Morgan fingerprint density at radius 1 is 1.06 bits per heavy atom. The highest BCUT2D eigenvalue weighted by Crippen LogP contribution is 2.36. The molecule has 0 fully saturated rings. The van der Waals surface area contributed by atoms with Crippen molar-refractivity contribution in [2.24, 2.45) is 0 Å². The minimum absolute atomic E-state index is 0.0157. The standard InChI is InChI=1S/C36H46N6O4S/c1-23(30-14-15-31(47-30)28-13-11-10-12-26(28)21-40(9)33(43)45-35(3,4)5)37-32-29-20-27(22-42(29)39-24(2)38-32)25-16-18-41(19-17-25)34(44)46-36(6,7)8/h10-16,20,22-23H,17-19,21H2,1-9H3,(H,37,38,39). The average Bonchev–Trinajstić information content (AvgIpc) is 3.64. The summed E-state index contributed by atoms with van der Waals surface area (Å²) in [5.41, 5.74) is 4.20. The number of anilines is 1. The van der Waals surface area contributed by atoms with Crippen molar-refractivity contribution < 1.29 is 19.1 Å². The topological polar surface area (TPSA) is 101 Å². The molecule has 1 aromatic carbocycles. The first-order chi connectivity index (χ1) is 22.1. The molecule has 5 rings (SSSR count). The van der Waals surface area contributed by atoms with Gasteiger partial charge in [0.25, 0.3) is 0 Å². The number of fused-ring (bicyclic) bond motifs is 1. The van der Waals surface area contributed by atoms with Gasteiger partial charge in [0.15, 0.2) is 5.82 Å². The fourth-order valence-electron chi connectivity index (χ4n) is 5.38. The highest BCUT2D eigenvalue weighted by atomic mass is 32.1. The first-order valence-electron chi connectivity index (χ1n) is 16.0. The van der Waals surface area contributed by atoms with Crippen LogP contribution in [0.15, 0.2) is 54.7 Å². The van der Waals surface area contributed by atoms with Gasteiger partial charge in [0.05, 0.1) is 6.04 Å². The van der Waals surface area contributed by atoms with E-state index in [9.17, 15) is 9.59 Å². The van der Waals surface area contributed by atoms with Gasteiger partial charge in [-0.3, -0.25) is 0 Å². The van der Waals surface area contributed by atoms with Crippen LogP contribution < -0.4 is 5.32 Å². The van der Waals surface area contributed by atoms with Gasteiger partial charge in [0.2, 0.25) is 0 Å². The zero-order valence-electron chi connectivity index (χ0n) is 28.9. The molecule has 1 atom stereocenters. The third-order valence-corrected chi connectivity index (χ3v) is 8.90. The Morgan fingerprint density at radius 3 is 2.47 bits per heavy atom. The number of carbonyl (C=O) groups is 2. The number of benzene rings is 1. The second-order valence-corrected chi connectivity index (χ2v) is 15.1. The van der Waals surface area contributed by atoms with Crippen molar-refractivity contribution in [2.75, 3.05) is 25.5 Å². The molecule has 1 N–H and O–H groups in total. The van der Waals surface area contributed by atoms with E-state index in [1.54, 1.807) is 28.2 Å². The molecule has 0 spiro atoms. The monoisotopic (exact) mass is 658 g/mol. The van der Waals surface area contributed by atoms with Gasteiger partial charge in [-0.25, -0.2) is 19.1 Å². The van der Waals surface area contributed by atoms with Crippen molar-refractivity contribution in [3.05, 3.63) is 76.6 Å². The lowest BCUT2D eigenvalue weighted by Crippen LogP contribution is -2.39. The van der Waals surface area contributed by atoms with Gasteiger partial charge in [-0.2, -0.15) is 5.10 Å². The van der Waals surface area contributed by atoms with E-state index >= 15 is 0 Å². The number of amides is 2. The molecule has 2 amide bonds. The molecule has 1 aliphatic heterocycles. The summed E-state index contributed by atoms with van der Waals surface area (Å²) in [7, 11) is 1.76. The number of hydrogen-bond acceptors (Lipinski definition) is 8. The molecule has 1 unspecified atom stereocenters. The van der Waals surface area contributed by atoms with Crippen molar-refractivity contribution in [3.63, 3.8) is 0 Å². The Labute approximate surface area is 281 Å². The third-order valence-electron chi connectivity index (χ3n) is 7.60. The zero-order chi connectivity index (χ0) is 34.1. The number of carbonyl (C=O) groups excluding carboxylic acids is 2. The highest BCUT2D eigenvalue weighted by Gasteiger charge is 2.25. The Balaban J connectivity index is 1.31. The van der Waals surface area contributed by atoms with E-state index in [1.165, 1.54) is 5.57 Å². The second-order valence-electron chi connectivity index (χ2n) is 14.0. The van der Waals surface area contributed by atoms with Crippen molar-refractivity contribution >= 4 is 40.4 Å². The van der Waals surface area contributed by atoms with Crippen LogP contribution in [-0.4, -0.2) is 67.9 Å². The maximum atomic E-state index is 12.6. The van der Waals surface area contributed by atoms with E-state index < -0.39 is 11.2 Å². The lowest BCUT2D eigenvalue weighted by molar-refractivity contribution is 0.0265. The van der Waals surface area contributed by atoms with Crippen LogP contribution in [0.4, 0.5) is 15.4 Å². The summed E-state index contributed by atoms with van der Waals surface area (Å²) in [6.45, 7) is 16.8. The Bertz CT molecular complexity index is 1790. The fraction of sp³-hybridized carbons (Fsp3) is 0.444. The molecule has 4 aromatic rings. The predicted octanol–water partition coefficient (Wildman–Crippen LogP) is 8.33. The maximum absolute atomic E-state index is 12.6. The summed E-state index contributed by atoms with van der Waals surface area (Å²) >= 11 is 1.72. The van der Waals surface area contributed by atoms with Crippen molar-refractivity contribution in [1.82, 2.24) is 24.4 Å². The lowest BCUT2D eigenvalue weighted by atomic mass is 10.0. The van der Waals surface area contributed by atoms with E-state index in [1.807, 2.05) is 71.3 Å². The molecule has 0 saturated carbocycles. The van der Waals surface area contributed by atoms with Crippen LogP contribution in [0.1, 0.15) is 82.8 Å². The van der Waals surface area contributed by atoms with Crippen LogP contribution in [0.2, 0.25) is 0 Å². The second kappa shape index (κ2) is 13.4. The SMILES string of the molecule is Cc1nc(NC(C)c2ccc(-c3ccccc3CN(C)C(=O)OC(C)(C)C)s2)c2cc(C3=CCN(C(=O)OC(C)(C)C)CC3)cn2n1. The van der Waals surface area contributed by atoms with Crippen molar-refractivity contribution in [3.8, 4) is 10.4 Å². The summed E-state index contributed by atoms with van der Waals surface area (Å²) in [6, 6.07) is 14.5. The van der Waals surface area contributed by atoms with Gasteiger partial charge in [0, 0.05) is 42.6 Å². The first kappa shape index (κ1) is 34.0. The molecule has 0 saturated heterocycles. The Morgan fingerprint density at radius 2 is 1.79 bits per heavy atom. The van der Waals surface area contributed by atoms with Gasteiger partial charge < -0.3 is 24.6 Å². The molecular weight excluding hydrogens is 613 g/mol. The molecule has 11 heteroatoms. The number of nitrogens with zero attached hydrogens (tertiary/aromatic N) is 5. The Hall–Kier alpha value is -4.38. The van der Waals surface area contributed by atoms with Gasteiger partial charge >= 0.3 is 12.2 Å². The van der Waals surface area contributed by atoms with Crippen molar-refractivity contribution in [2.45, 2.75) is 85.6 Å². The molecule has 1 aliphatic rings. The van der Waals surface area contributed by atoms with Crippen molar-refractivity contribution in [1.29, 1.82) is 0 Å². The number of thiophene rings is 1. The van der Waals surface area contributed by atoms with Crippen LogP contribution in [0.25, 0.3) is 21.5 Å². The van der Waals surface area contributed by atoms with Gasteiger partial charge in [0.1, 0.15) is 22.5 Å². The van der Waals surface area contributed by atoms with E-state index in [4.69, 9.17) is 14.5 Å². The van der Waals surface area contributed by atoms with E-state index in [2.05, 4.69) is 53.7 Å². The minimum atomic E-state index is -0.550. The predicted molar refractivity (Wildman–Crippen MR) is 188 cm³/mol. The highest BCUT2D eigenvalue weighted by molar-refractivity contribution is 7.15. The normalized spacial score (nSPS) is 14.5. The molecule has 0 radical (unpaired) electrons. The number of aryl methyl sites for hydroxylation is 1. The number of ether oxygens (including phenoxy) is 2. The lowest BCUT2D eigenvalue weighted by Gasteiger charge is -2.29. The third kappa shape index (κ3) is 8.51. The quantitative estimate of drug-likeness (QED) is 0.213. The zero-order valence-corrected chi connectivity index (χ0v) is 29.7. The molecule has 0 bridgehead atoms. The van der Waals surface area contributed by atoms with E-state index in [-0.39, 0.29) is 18.2 Å². The first-order valence-corrected chi connectivity index (χ1v) is 16.8. The van der Waals surface area contributed by atoms with Gasteiger partial charge in [-0.15, -0.1) is 11.3 Å². The Kier molecular flexibility index (Phi) is 9.68. The number of nitrogens with one attached hydrogen (secondary N) is 1. The van der Waals surface area contributed by atoms with Crippen LogP contribution in [0.5, 0.6) is 0 Å². The maximum Gasteiger partial charge on any atom is 0.410 e. The van der Waals surface area contributed by atoms with Crippen LogP contribution >= 0.6 is 11.3 Å². The van der Waals surface area contributed by atoms with Crippen LogP contribution in [0.3, 0.4) is 0 Å². The summed E-state index contributed by atoms with van der Waals surface area (Å²) in [6.07, 6.45) is 4.22. The molecule has 3 aromatic heterocycles. The summed E-state index contributed by atoms with van der Waals surface area (Å²) < 4.78 is 13.0. The molecule has 250 valence electrons. The van der Waals surface area contributed by atoms with E-state index in [0.717, 1.165) is 44.2 Å². The summed E-state index contributed by atoms with van der Waals surface area (Å²) in [5, 5.41) is 8.27. The number of rotatable bonds is 7. The van der Waals surface area contributed by atoms with Crippen LogP contribution in [0, 0.1) is 6.92 Å². The summed E-state index contributed by atoms with van der Waals surface area (Å²) in [4.78, 5) is 35.6. The molecule has 4 heterocycles. The average molecular weight is 659 g/mol.